The molecule has 0 unspecified atom stereocenters. The molecule has 8 heteroatoms. The van der Waals surface area contributed by atoms with Crippen LogP contribution in [0.1, 0.15) is 13.8 Å². The predicted molar refractivity (Wildman–Crippen MR) is 74.4 cm³/mol. The Balaban J connectivity index is 1.89. The van der Waals surface area contributed by atoms with E-state index in [0.29, 0.717) is 12.3 Å². The SMILES string of the molecule is CN(CC(=O)Nc1nnc(-c2ccco2)o1)CC(C)(C)O. The summed E-state index contributed by atoms with van der Waals surface area (Å²) in [6.07, 6.45) is 1.49. The number of likely N-dealkylation sites (N-methyl/N-ethyl adjacent to an activating group) is 1. The van der Waals surface area contributed by atoms with E-state index in [2.05, 4.69) is 15.5 Å². The second-order valence-electron chi connectivity index (χ2n) is 5.42. The van der Waals surface area contributed by atoms with Crippen LogP contribution in [0.4, 0.5) is 6.01 Å². The molecule has 0 saturated heterocycles. The molecule has 2 aromatic rings. The van der Waals surface area contributed by atoms with Crippen LogP contribution in [-0.2, 0) is 4.79 Å². The highest BCUT2D eigenvalue weighted by Crippen LogP contribution is 2.19. The Labute approximate surface area is 121 Å². The van der Waals surface area contributed by atoms with E-state index in [9.17, 15) is 9.90 Å². The first-order valence-electron chi connectivity index (χ1n) is 6.42. The van der Waals surface area contributed by atoms with Crippen LogP contribution in [0.25, 0.3) is 11.7 Å². The Kier molecular flexibility index (Phi) is 4.39. The molecular weight excluding hydrogens is 276 g/mol. The van der Waals surface area contributed by atoms with E-state index in [1.54, 1.807) is 37.9 Å². The van der Waals surface area contributed by atoms with Gasteiger partial charge in [0, 0.05) is 6.54 Å². The van der Waals surface area contributed by atoms with Crippen LogP contribution in [-0.4, -0.2) is 51.8 Å². The van der Waals surface area contributed by atoms with Crippen LogP contribution in [0.15, 0.2) is 27.2 Å². The summed E-state index contributed by atoms with van der Waals surface area (Å²) in [5.41, 5.74) is -0.869. The molecule has 2 N–H and O–H groups in total. The average molecular weight is 294 g/mol. The summed E-state index contributed by atoms with van der Waals surface area (Å²) < 4.78 is 10.4. The zero-order valence-corrected chi connectivity index (χ0v) is 12.2. The molecule has 114 valence electrons. The highest BCUT2D eigenvalue weighted by Gasteiger charge is 2.18. The number of anilines is 1. The fourth-order valence-corrected chi connectivity index (χ4v) is 1.89. The van der Waals surface area contributed by atoms with Crippen molar-refractivity contribution in [3.05, 3.63) is 18.4 Å². The van der Waals surface area contributed by atoms with E-state index < -0.39 is 5.60 Å². The third-order valence-electron chi connectivity index (χ3n) is 2.47. The van der Waals surface area contributed by atoms with Crippen molar-refractivity contribution in [1.29, 1.82) is 0 Å². The van der Waals surface area contributed by atoms with Crippen LogP contribution >= 0.6 is 0 Å². The van der Waals surface area contributed by atoms with Crippen LogP contribution in [0.3, 0.4) is 0 Å². The molecular formula is C13H18N4O4. The zero-order valence-electron chi connectivity index (χ0n) is 12.2. The molecule has 2 rings (SSSR count). The van der Waals surface area contributed by atoms with E-state index in [0.717, 1.165) is 0 Å². The van der Waals surface area contributed by atoms with Crippen molar-refractivity contribution in [2.45, 2.75) is 19.4 Å². The summed E-state index contributed by atoms with van der Waals surface area (Å²) >= 11 is 0. The van der Waals surface area contributed by atoms with Crippen molar-refractivity contribution in [3.8, 4) is 11.7 Å². The van der Waals surface area contributed by atoms with Gasteiger partial charge in [-0.3, -0.25) is 15.0 Å². The molecule has 0 saturated carbocycles. The minimum Gasteiger partial charge on any atom is -0.459 e. The van der Waals surface area contributed by atoms with Gasteiger partial charge in [0.05, 0.1) is 18.4 Å². The fourth-order valence-electron chi connectivity index (χ4n) is 1.89. The Bertz CT molecular complexity index is 586. The topological polar surface area (TPSA) is 105 Å². The van der Waals surface area contributed by atoms with Crippen molar-refractivity contribution in [2.75, 3.05) is 25.5 Å². The van der Waals surface area contributed by atoms with Gasteiger partial charge in [-0.2, -0.15) is 0 Å². The summed E-state index contributed by atoms with van der Waals surface area (Å²) in [4.78, 5) is 13.5. The number of aliphatic hydroxyl groups is 1. The van der Waals surface area contributed by atoms with Crippen molar-refractivity contribution < 1.29 is 18.7 Å². The molecule has 1 amide bonds. The number of hydrogen-bond donors (Lipinski definition) is 2. The molecule has 0 fully saturated rings. The lowest BCUT2D eigenvalue weighted by Crippen LogP contribution is -2.40. The van der Waals surface area contributed by atoms with Gasteiger partial charge in [-0.1, -0.05) is 5.10 Å². The molecule has 0 aliphatic rings. The normalized spacial score (nSPS) is 11.9. The van der Waals surface area contributed by atoms with E-state index in [-0.39, 0.29) is 24.4 Å². The standard InChI is InChI=1S/C13H18N4O4/c1-13(2,19)8-17(3)7-10(18)14-12-16-15-11(21-12)9-5-4-6-20-9/h4-6,19H,7-8H2,1-3H3,(H,14,16,18). The predicted octanol–water partition coefficient (Wildman–Crippen LogP) is 0.971. The smallest absolute Gasteiger partial charge is 0.322 e. The maximum atomic E-state index is 11.8. The largest absolute Gasteiger partial charge is 0.459 e. The minimum atomic E-state index is -0.869. The van der Waals surface area contributed by atoms with Gasteiger partial charge in [-0.05, 0) is 33.0 Å². The van der Waals surface area contributed by atoms with Crippen LogP contribution in [0.5, 0.6) is 0 Å². The van der Waals surface area contributed by atoms with Gasteiger partial charge in [0.1, 0.15) is 0 Å². The van der Waals surface area contributed by atoms with Crippen molar-refractivity contribution >= 4 is 11.9 Å². The maximum absolute atomic E-state index is 11.8. The number of furan rings is 1. The van der Waals surface area contributed by atoms with E-state index in [1.165, 1.54) is 6.26 Å². The highest BCUT2D eigenvalue weighted by atomic mass is 16.4. The van der Waals surface area contributed by atoms with Gasteiger partial charge in [0.15, 0.2) is 5.76 Å². The Morgan fingerprint density at radius 1 is 1.48 bits per heavy atom. The first kappa shape index (κ1) is 15.2. The third kappa shape index (κ3) is 4.69. The van der Waals surface area contributed by atoms with Gasteiger partial charge in [-0.15, -0.1) is 5.10 Å². The Morgan fingerprint density at radius 2 is 2.24 bits per heavy atom. The second-order valence-corrected chi connectivity index (χ2v) is 5.42. The van der Waals surface area contributed by atoms with Gasteiger partial charge in [-0.25, -0.2) is 0 Å². The molecule has 0 bridgehead atoms. The molecule has 0 aromatic carbocycles. The molecule has 0 atom stereocenters. The summed E-state index contributed by atoms with van der Waals surface area (Å²) in [7, 11) is 1.74. The van der Waals surface area contributed by atoms with Gasteiger partial charge in [0.25, 0.3) is 5.89 Å². The zero-order chi connectivity index (χ0) is 15.5. The maximum Gasteiger partial charge on any atom is 0.322 e. The number of nitrogens with zero attached hydrogens (tertiary/aromatic N) is 3. The number of aromatic nitrogens is 2. The molecule has 0 spiro atoms. The summed E-state index contributed by atoms with van der Waals surface area (Å²) in [5.74, 6) is 0.318. The number of carbonyl (C=O) groups is 1. The fraction of sp³-hybridized carbons (Fsp3) is 0.462. The van der Waals surface area contributed by atoms with Gasteiger partial charge < -0.3 is 13.9 Å². The number of hydrogen-bond acceptors (Lipinski definition) is 7. The van der Waals surface area contributed by atoms with E-state index in [4.69, 9.17) is 8.83 Å². The van der Waals surface area contributed by atoms with Gasteiger partial charge >= 0.3 is 6.01 Å². The molecule has 2 heterocycles. The molecule has 21 heavy (non-hydrogen) atoms. The third-order valence-corrected chi connectivity index (χ3v) is 2.47. The Hall–Kier alpha value is -2.19. The molecule has 0 aliphatic heterocycles. The number of carbonyl (C=O) groups excluding carboxylic acids is 1. The average Bonchev–Trinajstić information content (AvgIpc) is 2.94. The Morgan fingerprint density at radius 3 is 2.86 bits per heavy atom. The first-order valence-corrected chi connectivity index (χ1v) is 6.42. The molecule has 2 aromatic heterocycles. The van der Waals surface area contributed by atoms with E-state index >= 15 is 0 Å². The van der Waals surface area contributed by atoms with Crippen molar-refractivity contribution in [3.63, 3.8) is 0 Å². The lowest BCUT2D eigenvalue weighted by molar-refractivity contribution is -0.117. The summed E-state index contributed by atoms with van der Waals surface area (Å²) in [6, 6.07) is 3.38. The number of amides is 1. The first-order chi connectivity index (χ1) is 9.83. The summed E-state index contributed by atoms with van der Waals surface area (Å²) in [6.45, 7) is 3.81. The highest BCUT2D eigenvalue weighted by molar-refractivity contribution is 5.90. The molecule has 8 nitrogen and oxygen atoms in total. The molecule has 0 aliphatic carbocycles. The monoisotopic (exact) mass is 294 g/mol. The van der Waals surface area contributed by atoms with Crippen LogP contribution < -0.4 is 5.32 Å². The van der Waals surface area contributed by atoms with Crippen LogP contribution in [0, 0.1) is 0 Å². The quantitative estimate of drug-likeness (QED) is 0.817. The minimum absolute atomic E-state index is 0.00283. The summed E-state index contributed by atoms with van der Waals surface area (Å²) in [5, 5.41) is 19.7. The lowest BCUT2D eigenvalue weighted by atomic mass is 10.1. The van der Waals surface area contributed by atoms with E-state index in [1.807, 2.05) is 0 Å². The molecule has 0 radical (unpaired) electrons. The van der Waals surface area contributed by atoms with Crippen LogP contribution in [0.2, 0.25) is 0 Å². The lowest BCUT2D eigenvalue weighted by Gasteiger charge is -2.24. The number of rotatable bonds is 6. The van der Waals surface area contributed by atoms with Crippen molar-refractivity contribution in [1.82, 2.24) is 15.1 Å². The second kappa shape index (κ2) is 6.06. The van der Waals surface area contributed by atoms with Gasteiger partial charge in [0.2, 0.25) is 5.91 Å². The number of nitrogens with one attached hydrogen (secondary N) is 1. The van der Waals surface area contributed by atoms with Crippen molar-refractivity contribution in [2.24, 2.45) is 0 Å².